The first kappa shape index (κ1) is 38.4. The Labute approximate surface area is 284 Å². The number of nitrogens with zero attached hydrogens (tertiary/aromatic N) is 1. The van der Waals surface area contributed by atoms with E-state index >= 15 is 0 Å². The van der Waals surface area contributed by atoms with Gasteiger partial charge in [-0.2, -0.15) is 4.72 Å². The summed E-state index contributed by atoms with van der Waals surface area (Å²) in [5.74, 6) is -4.29. The second-order valence-electron chi connectivity index (χ2n) is 11.7. The molecule has 1 aliphatic rings. The zero-order valence-corrected chi connectivity index (χ0v) is 27.7. The van der Waals surface area contributed by atoms with E-state index in [1.54, 1.807) is 6.07 Å². The molecular weight excluding hydrogens is 658 g/mol. The van der Waals surface area contributed by atoms with Gasteiger partial charge in [-0.3, -0.25) is 24.0 Å². The Kier molecular flexibility index (Phi) is 14.1. The number of carboxylic acids is 1. The Morgan fingerprint density at radius 1 is 0.959 bits per heavy atom. The number of likely N-dealkylation sites (tertiary alicyclic amines) is 1. The number of fused-ring (bicyclic) bond motifs is 1. The van der Waals surface area contributed by atoms with Crippen LogP contribution in [0.2, 0.25) is 0 Å². The zero-order valence-electron chi connectivity index (χ0n) is 26.9. The molecule has 0 aromatic heterocycles. The number of piperidine rings is 1. The predicted molar refractivity (Wildman–Crippen MR) is 180 cm³/mol. The normalized spacial score (nSPS) is 16.5. The van der Waals surface area contributed by atoms with Gasteiger partial charge in [-0.05, 0) is 54.9 Å². The highest BCUT2D eigenvalue weighted by molar-refractivity contribution is 7.92. The van der Waals surface area contributed by atoms with Crippen molar-refractivity contribution in [3.8, 4) is 0 Å². The van der Waals surface area contributed by atoms with Crippen LogP contribution in [0, 0.1) is 0 Å². The lowest BCUT2D eigenvalue weighted by Gasteiger charge is -2.37. The third kappa shape index (κ3) is 11.9. The molecule has 3 rings (SSSR count). The van der Waals surface area contributed by atoms with E-state index in [2.05, 4.69) is 27.3 Å². The van der Waals surface area contributed by atoms with E-state index in [9.17, 15) is 42.3 Å². The van der Waals surface area contributed by atoms with Crippen molar-refractivity contribution in [2.45, 2.75) is 75.5 Å². The minimum atomic E-state index is -4.14. The van der Waals surface area contributed by atoms with Crippen molar-refractivity contribution in [3.63, 3.8) is 0 Å². The quantitative estimate of drug-likeness (QED) is 0.103. The molecule has 0 bridgehead atoms. The summed E-state index contributed by atoms with van der Waals surface area (Å²) in [7, 11) is -4.14. The highest BCUT2D eigenvalue weighted by Crippen LogP contribution is 2.21. The van der Waals surface area contributed by atoms with Gasteiger partial charge in [0.05, 0.1) is 0 Å². The van der Waals surface area contributed by atoms with Gasteiger partial charge >= 0.3 is 12.0 Å². The van der Waals surface area contributed by atoms with Gasteiger partial charge in [0.15, 0.2) is 0 Å². The van der Waals surface area contributed by atoms with Crippen LogP contribution in [0.5, 0.6) is 0 Å². The number of primary amides is 2. The maximum absolute atomic E-state index is 13.9. The number of amides is 6. The van der Waals surface area contributed by atoms with Gasteiger partial charge in [0, 0.05) is 31.3 Å². The van der Waals surface area contributed by atoms with Crippen LogP contribution in [0.25, 0.3) is 10.8 Å². The predicted octanol–water partition coefficient (Wildman–Crippen LogP) is -0.0369. The first-order valence-corrected chi connectivity index (χ1v) is 17.3. The second-order valence-corrected chi connectivity index (χ2v) is 13.4. The lowest BCUT2D eigenvalue weighted by molar-refractivity contribution is -0.145. The highest BCUT2D eigenvalue weighted by atomic mass is 32.2. The Balaban J connectivity index is 1.88. The third-order valence-corrected chi connectivity index (χ3v) is 9.13. The standard InChI is InChI=1S/C32H43N7O9S/c1-2-49(47,48)38-24(14-15-27(40)41)31(45)39-17-6-5-11-26(39)30(44)37-25(19-20-12-13-21-8-3-4-9-22(21)18-20)29(43)36-23(28(33)42)10-7-16-35-32(34)46/h2-4,8-9,12-13,18,23-26,38H,1,5-7,10-11,14-17,19H2,(H2,33,42)(H,36,43)(H,37,44)(H,40,41)(H3,34,35,46)/t23-,24-,25?,26-/m0/s1. The number of rotatable bonds is 18. The highest BCUT2D eigenvalue weighted by Gasteiger charge is 2.38. The molecule has 17 heteroatoms. The molecule has 2 aromatic carbocycles. The Hall–Kier alpha value is -5.03. The molecule has 49 heavy (non-hydrogen) atoms. The fourth-order valence-electron chi connectivity index (χ4n) is 5.57. The average molecular weight is 702 g/mol. The van der Waals surface area contributed by atoms with Crippen molar-refractivity contribution in [1.29, 1.82) is 0 Å². The summed E-state index contributed by atoms with van der Waals surface area (Å²) in [6.07, 6.45) is 0.678. The molecule has 0 spiro atoms. The maximum atomic E-state index is 13.9. The molecule has 0 aliphatic carbocycles. The fourth-order valence-corrected chi connectivity index (χ4v) is 6.28. The number of benzene rings is 2. The Bertz CT molecular complexity index is 1670. The number of hydrogen-bond donors (Lipinski definition) is 7. The minimum Gasteiger partial charge on any atom is -0.481 e. The van der Waals surface area contributed by atoms with Gasteiger partial charge in [-0.1, -0.05) is 49.0 Å². The number of nitrogens with one attached hydrogen (secondary N) is 4. The van der Waals surface area contributed by atoms with Crippen molar-refractivity contribution in [2.75, 3.05) is 13.1 Å². The Morgan fingerprint density at radius 3 is 2.33 bits per heavy atom. The monoisotopic (exact) mass is 701 g/mol. The summed E-state index contributed by atoms with van der Waals surface area (Å²) in [5.41, 5.74) is 11.3. The van der Waals surface area contributed by atoms with Crippen molar-refractivity contribution in [1.82, 2.24) is 25.6 Å². The lowest BCUT2D eigenvalue weighted by atomic mass is 9.97. The number of carbonyl (C=O) groups excluding carboxylic acids is 5. The van der Waals surface area contributed by atoms with Gasteiger partial charge in [0.25, 0.3) is 0 Å². The van der Waals surface area contributed by atoms with Gasteiger partial charge in [-0.25, -0.2) is 13.2 Å². The largest absolute Gasteiger partial charge is 0.481 e. The molecule has 1 heterocycles. The van der Waals surface area contributed by atoms with E-state index in [1.807, 2.05) is 36.4 Å². The van der Waals surface area contributed by atoms with E-state index in [-0.39, 0.29) is 45.2 Å². The molecule has 16 nitrogen and oxygen atoms in total. The second kappa shape index (κ2) is 17.9. The van der Waals surface area contributed by atoms with E-state index in [4.69, 9.17) is 11.5 Å². The topological polar surface area (TPSA) is 260 Å². The molecule has 0 saturated carbocycles. The van der Waals surface area contributed by atoms with Crippen LogP contribution in [0.3, 0.4) is 0 Å². The van der Waals surface area contributed by atoms with Gasteiger partial charge in [0.1, 0.15) is 24.2 Å². The number of hydrogen-bond acceptors (Lipinski definition) is 8. The molecule has 6 amide bonds. The van der Waals surface area contributed by atoms with Crippen LogP contribution >= 0.6 is 0 Å². The number of carbonyl (C=O) groups is 6. The molecule has 266 valence electrons. The van der Waals surface area contributed by atoms with Crippen molar-refractivity contribution >= 4 is 56.4 Å². The minimum absolute atomic E-state index is 0.00183. The first-order valence-electron chi connectivity index (χ1n) is 15.8. The molecule has 1 fully saturated rings. The van der Waals surface area contributed by atoms with Crippen molar-refractivity contribution < 1.29 is 42.3 Å². The molecule has 1 aliphatic heterocycles. The van der Waals surface area contributed by atoms with Crippen molar-refractivity contribution in [3.05, 3.63) is 60.0 Å². The molecule has 4 atom stereocenters. The summed E-state index contributed by atoms with van der Waals surface area (Å²) >= 11 is 0. The molecular formula is C32H43N7O9S. The van der Waals surface area contributed by atoms with Crippen LogP contribution in [0.15, 0.2) is 54.5 Å². The van der Waals surface area contributed by atoms with Crippen LogP contribution in [0.1, 0.15) is 50.5 Å². The molecule has 9 N–H and O–H groups in total. The van der Waals surface area contributed by atoms with Gasteiger partial charge < -0.3 is 37.4 Å². The number of sulfonamides is 1. The summed E-state index contributed by atoms with van der Waals surface area (Å²) in [6.45, 7) is 3.43. The first-order chi connectivity index (χ1) is 23.2. The van der Waals surface area contributed by atoms with Crippen LogP contribution in [-0.2, 0) is 40.4 Å². The number of aliphatic carboxylic acids is 1. The van der Waals surface area contributed by atoms with Crippen LogP contribution in [0.4, 0.5) is 4.79 Å². The zero-order chi connectivity index (χ0) is 36.1. The van der Waals surface area contributed by atoms with Crippen LogP contribution < -0.4 is 32.1 Å². The summed E-state index contributed by atoms with van der Waals surface area (Å²) in [5, 5.41) is 19.3. The number of carboxylic acid groups (broad SMARTS) is 1. The summed E-state index contributed by atoms with van der Waals surface area (Å²) in [6, 6.07) is 7.35. The SMILES string of the molecule is C=CS(=O)(=O)N[C@@H](CCC(=O)O)C(=O)N1CCCC[C@H]1C(=O)NC(Cc1ccc2ccccc2c1)C(=O)N[C@@H](CCCNC(N)=O)C(N)=O. The van der Waals surface area contributed by atoms with E-state index in [0.29, 0.717) is 23.8 Å². The molecule has 1 saturated heterocycles. The third-order valence-electron chi connectivity index (χ3n) is 8.07. The summed E-state index contributed by atoms with van der Waals surface area (Å²) < 4.78 is 26.7. The van der Waals surface area contributed by atoms with E-state index < -0.39 is 76.2 Å². The number of urea groups is 1. The Morgan fingerprint density at radius 2 is 1.67 bits per heavy atom. The average Bonchev–Trinajstić information content (AvgIpc) is 3.06. The molecule has 0 radical (unpaired) electrons. The van der Waals surface area contributed by atoms with Gasteiger partial charge in [0.2, 0.25) is 33.7 Å². The number of nitrogens with two attached hydrogens (primary N) is 2. The lowest BCUT2D eigenvalue weighted by Crippen LogP contribution is -2.60. The van der Waals surface area contributed by atoms with Crippen molar-refractivity contribution in [2.24, 2.45) is 11.5 Å². The molecule has 1 unspecified atom stereocenters. The summed E-state index contributed by atoms with van der Waals surface area (Å²) in [4.78, 5) is 76.9. The van der Waals surface area contributed by atoms with Crippen LogP contribution in [-0.4, -0.2) is 91.3 Å². The van der Waals surface area contributed by atoms with E-state index in [0.717, 1.165) is 10.8 Å². The fraction of sp³-hybridized carbons (Fsp3) is 0.438. The maximum Gasteiger partial charge on any atom is 0.312 e. The smallest absolute Gasteiger partial charge is 0.312 e. The van der Waals surface area contributed by atoms with Gasteiger partial charge in [-0.15, -0.1) is 0 Å². The molecule has 2 aromatic rings. The van der Waals surface area contributed by atoms with E-state index in [1.165, 1.54) is 4.90 Å².